The van der Waals surface area contributed by atoms with Crippen molar-refractivity contribution in [2.75, 3.05) is 13.2 Å². The fourth-order valence-electron chi connectivity index (χ4n) is 1.38. The van der Waals surface area contributed by atoms with E-state index >= 15 is 0 Å². The molecule has 0 atom stereocenters. The Labute approximate surface area is 118 Å². The van der Waals surface area contributed by atoms with Crippen LogP contribution in [0.4, 0.5) is 0 Å². The van der Waals surface area contributed by atoms with Crippen LogP contribution in [-0.4, -0.2) is 13.2 Å². The van der Waals surface area contributed by atoms with Gasteiger partial charge >= 0.3 is 8.60 Å². The summed E-state index contributed by atoms with van der Waals surface area (Å²) >= 11 is 0. The molecule has 0 aliphatic heterocycles. The van der Waals surface area contributed by atoms with E-state index in [4.69, 9.17) is 13.6 Å². The van der Waals surface area contributed by atoms with E-state index in [-0.39, 0.29) is 0 Å². The van der Waals surface area contributed by atoms with E-state index in [0.717, 1.165) is 31.2 Å². The van der Waals surface area contributed by atoms with Gasteiger partial charge in [-0.3, -0.25) is 0 Å². The van der Waals surface area contributed by atoms with Gasteiger partial charge in [0, 0.05) is 0 Å². The normalized spacial score (nSPS) is 11.1. The second-order valence-electron chi connectivity index (χ2n) is 4.36. The summed E-state index contributed by atoms with van der Waals surface area (Å²) in [6.45, 7) is 6.26. The van der Waals surface area contributed by atoms with Crippen molar-refractivity contribution in [1.82, 2.24) is 0 Å². The lowest BCUT2D eigenvalue weighted by Crippen LogP contribution is -1.99. The zero-order chi connectivity index (χ0) is 13.8. The second kappa shape index (κ2) is 11.4. The highest BCUT2D eigenvalue weighted by atomic mass is 31.2. The van der Waals surface area contributed by atoms with Gasteiger partial charge in [0.15, 0.2) is 0 Å². The molecule has 0 saturated carbocycles. The van der Waals surface area contributed by atoms with Crippen LogP contribution in [0.15, 0.2) is 30.3 Å². The SMILES string of the molecule is CCCCOP(OCCCC)OCc1ccccc1. The molecule has 0 unspecified atom stereocenters. The maximum Gasteiger partial charge on any atom is 0.332 e. The number of benzene rings is 1. The average molecular weight is 284 g/mol. The molecule has 0 aliphatic rings. The number of hydrogen-bond acceptors (Lipinski definition) is 3. The molecular formula is C15H25O3P. The van der Waals surface area contributed by atoms with E-state index in [1.807, 2.05) is 30.3 Å². The summed E-state index contributed by atoms with van der Waals surface area (Å²) in [5, 5.41) is 0. The summed E-state index contributed by atoms with van der Waals surface area (Å²) in [5.41, 5.74) is 1.15. The van der Waals surface area contributed by atoms with Gasteiger partial charge in [0.05, 0.1) is 19.8 Å². The van der Waals surface area contributed by atoms with Crippen molar-refractivity contribution in [3.63, 3.8) is 0 Å². The van der Waals surface area contributed by atoms with Crippen LogP contribution in [0.25, 0.3) is 0 Å². The Kier molecular flexibility index (Phi) is 9.92. The first kappa shape index (κ1) is 16.6. The van der Waals surface area contributed by atoms with Crippen molar-refractivity contribution in [3.8, 4) is 0 Å². The van der Waals surface area contributed by atoms with Crippen molar-refractivity contribution >= 4 is 8.60 Å². The zero-order valence-corrected chi connectivity index (χ0v) is 12.9. The first-order valence-electron chi connectivity index (χ1n) is 7.09. The molecule has 0 fully saturated rings. The van der Waals surface area contributed by atoms with Crippen LogP contribution < -0.4 is 0 Å². The highest BCUT2D eigenvalue weighted by Gasteiger charge is 2.12. The summed E-state index contributed by atoms with van der Waals surface area (Å²) < 4.78 is 17.1. The fourth-order valence-corrected chi connectivity index (χ4v) is 2.41. The van der Waals surface area contributed by atoms with E-state index in [0.29, 0.717) is 19.8 Å². The van der Waals surface area contributed by atoms with Gasteiger partial charge in [-0.25, -0.2) is 0 Å². The van der Waals surface area contributed by atoms with Gasteiger partial charge in [-0.1, -0.05) is 57.0 Å². The highest BCUT2D eigenvalue weighted by Crippen LogP contribution is 2.40. The van der Waals surface area contributed by atoms with Crippen LogP contribution in [0.5, 0.6) is 0 Å². The minimum Gasteiger partial charge on any atom is -0.312 e. The van der Waals surface area contributed by atoms with Gasteiger partial charge in [0.25, 0.3) is 0 Å². The van der Waals surface area contributed by atoms with E-state index in [9.17, 15) is 0 Å². The van der Waals surface area contributed by atoms with Crippen molar-refractivity contribution in [2.45, 2.75) is 46.1 Å². The Morgan fingerprint density at radius 1 is 0.842 bits per heavy atom. The molecule has 0 aliphatic carbocycles. The molecule has 0 spiro atoms. The molecule has 1 aromatic carbocycles. The third kappa shape index (κ3) is 8.33. The van der Waals surface area contributed by atoms with Crippen molar-refractivity contribution in [1.29, 1.82) is 0 Å². The predicted molar refractivity (Wildman–Crippen MR) is 79.9 cm³/mol. The van der Waals surface area contributed by atoms with E-state index in [1.165, 1.54) is 0 Å². The summed E-state index contributed by atoms with van der Waals surface area (Å²) in [6, 6.07) is 10.1. The lowest BCUT2D eigenvalue weighted by Gasteiger charge is -2.16. The van der Waals surface area contributed by atoms with E-state index in [2.05, 4.69) is 13.8 Å². The smallest absolute Gasteiger partial charge is 0.312 e. The minimum absolute atomic E-state index is 0.546. The summed E-state index contributed by atoms with van der Waals surface area (Å²) in [4.78, 5) is 0. The molecule has 0 N–H and O–H groups in total. The van der Waals surface area contributed by atoms with Crippen molar-refractivity contribution in [3.05, 3.63) is 35.9 Å². The van der Waals surface area contributed by atoms with Gasteiger partial charge in [-0.15, -0.1) is 0 Å². The molecule has 4 heteroatoms. The zero-order valence-electron chi connectivity index (χ0n) is 12.0. The van der Waals surface area contributed by atoms with Gasteiger partial charge in [0.1, 0.15) is 0 Å². The Balaban J connectivity index is 2.30. The maximum absolute atomic E-state index is 5.74. The van der Waals surface area contributed by atoms with Crippen molar-refractivity contribution in [2.24, 2.45) is 0 Å². The molecule has 108 valence electrons. The predicted octanol–water partition coefficient (Wildman–Crippen LogP) is 5.06. The van der Waals surface area contributed by atoms with Crippen LogP contribution in [0.2, 0.25) is 0 Å². The molecule has 19 heavy (non-hydrogen) atoms. The molecule has 1 rings (SSSR count). The Bertz CT molecular complexity index is 296. The molecule has 0 heterocycles. The molecule has 0 bridgehead atoms. The standard InChI is InChI=1S/C15H25O3P/c1-3-5-12-16-19(17-13-6-4-2)18-14-15-10-8-7-9-11-15/h7-11H,3-6,12-14H2,1-2H3. The van der Waals surface area contributed by atoms with Gasteiger partial charge in [0.2, 0.25) is 0 Å². The Morgan fingerprint density at radius 3 is 1.95 bits per heavy atom. The van der Waals surface area contributed by atoms with Gasteiger partial charge in [-0.05, 0) is 18.4 Å². The highest BCUT2D eigenvalue weighted by molar-refractivity contribution is 7.41. The summed E-state index contributed by atoms with van der Waals surface area (Å²) in [6.07, 6.45) is 4.34. The topological polar surface area (TPSA) is 27.7 Å². The van der Waals surface area contributed by atoms with Crippen LogP contribution in [0.1, 0.15) is 45.1 Å². The van der Waals surface area contributed by atoms with Crippen molar-refractivity contribution < 1.29 is 13.6 Å². The van der Waals surface area contributed by atoms with Crippen LogP contribution >= 0.6 is 8.60 Å². The first-order valence-corrected chi connectivity index (χ1v) is 8.19. The lowest BCUT2D eigenvalue weighted by molar-refractivity contribution is 0.152. The molecule has 0 amide bonds. The van der Waals surface area contributed by atoms with E-state index < -0.39 is 8.60 Å². The van der Waals surface area contributed by atoms with Crippen LogP contribution in [-0.2, 0) is 20.2 Å². The summed E-state index contributed by atoms with van der Waals surface area (Å²) in [5.74, 6) is 0. The number of rotatable bonds is 11. The summed E-state index contributed by atoms with van der Waals surface area (Å²) in [7, 11) is -1.21. The van der Waals surface area contributed by atoms with E-state index in [1.54, 1.807) is 0 Å². The molecule has 1 aromatic rings. The lowest BCUT2D eigenvalue weighted by atomic mass is 10.2. The average Bonchev–Trinajstić information content (AvgIpc) is 2.45. The molecule has 3 nitrogen and oxygen atoms in total. The molecular weight excluding hydrogens is 259 g/mol. The number of hydrogen-bond donors (Lipinski definition) is 0. The monoisotopic (exact) mass is 284 g/mol. The minimum atomic E-state index is -1.21. The Morgan fingerprint density at radius 2 is 1.42 bits per heavy atom. The second-order valence-corrected chi connectivity index (χ2v) is 5.58. The fraction of sp³-hybridized carbons (Fsp3) is 0.600. The van der Waals surface area contributed by atoms with Gasteiger partial charge in [-0.2, -0.15) is 0 Å². The Hall–Kier alpha value is -0.470. The molecule has 0 radical (unpaired) electrons. The van der Waals surface area contributed by atoms with Crippen LogP contribution in [0.3, 0.4) is 0 Å². The quantitative estimate of drug-likeness (QED) is 0.420. The van der Waals surface area contributed by atoms with Crippen LogP contribution in [0, 0.1) is 0 Å². The third-order valence-corrected chi connectivity index (χ3v) is 3.70. The van der Waals surface area contributed by atoms with Gasteiger partial charge < -0.3 is 13.6 Å². The molecule has 0 aromatic heterocycles. The molecule has 0 saturated heterocycles. The largest absolute Gasteiger partial charge is 0.332 e. The first-order chi connectivity index (χ1) is 9.36. The maximum atomic E-state index is 5.74. The number of unbranched alkanes of at least 4 members (excludes halogenated alkanes) is 2. The third-order valence-electron chi connectivity index (χ3n) is 2.57.